The van der Waals surface area contributed by atoms with Crippen LogP contribution in [-0.2, 0) is 4.79 Å². The largest absolute Gasteiger partial charge is 0.294 e. The quantitative estimate of drug-likeness (QED) is 0.586. The molecule has 0 amide bonds. The van der Waals surface area contributed by atoms with Crippen molar-refractivity contribution in [1.29, 1.82) is 0 Å². The second kappa shape index (κ2) is 4.60. The van der Waals surface area contributed by atoms with Gasteiger partial charge in [-0.25, -0.2) is 0 Å². The number of thiophene rings is 1. The summed E-state index contributed by atoms with van der Waals surface area (Å²) < 4.78 is 1.23. The molecule has 0 N–H and O–H groups in total. The summed E-state index contributed by atoms with van der Waals surface area (Å²) >= 11 is 7.09. The summed E-state index contributed by atoms with van der Waals surface area (Å²) in [5, 5.41) is 3.23. The van der Waals surface area contributed by atoms with Crippen molar-refractivity contribution < 1.29 is 4.79 Å². The number of halogens is 1. The van der Waals surface area contributed by atoms with Crippen molar-refractivity contribution in [2.24, 2.45) is 0 Å². The van der Waals surface area contributed by atoms with Crippen molar-refractivity contribution >= 4 is 44.9 Å². The molecule has 0 fully saturated rings. The van der Waals surface area contributed by atoms with Crippen LogP contribution in [0, 0.1) is 0 Å². The molecule has 0 spiro atoms. The number of hydrogen-bond acceptors (Lipinski definition) is 2. The Kier molecular flexibility index (Phi) is 3.19. The molecule has 0 aliphatic carbocycles. The van der Waals surface area contributed by atoms with Gasteiger partial charge in [-0.3, -0.25) is 4.79 Å². The summed E-state index contributed by atoms with van der Waals surface area (Å²) in [6.45, 7) is 0. The van der Waals surface area contributed by atoms with E-state index in [1.165, 1.54) is 16.2 Å². The van der Waals surface area contributed by atoms with Crippen molar-refractivity contribution in [3.05, 3.63) is 41.3 Å². The molecule has 15 heavy (non-hydrogen) atoms. The summed E-state index contributed by atoms with van der Waals surface area (Å²) in [4.78, 5) is 11.0. The Morgan fingerprint density at radius 3 is 3.00 bits per heavy atom. The molecule has 1 aromatic carbocycles. The second-order valence-electron chi connectivity index (χ2n) is 3.12. The number of rotatable bonds is 3. The molecule has 1 aromatic heterocycles. The number of carbonyl (C=O) groups is 1. The van der Waals surface area contributed by atoms with Gasteiger partial charge in [0.1, 0.15) is 0 Å². The Morgan fingerprint density at radius 1 is 1.40 bits per heavy atom. The molecule has 0 saturated heterocycles. The first-order valence-corrected chi connectivity index (χ1v) is 5.96. The van der Waals surface area contributed by atoms with Gasteiger partial charge in [0.2, 0.25) is 0 Å². The van der Waals surface area contributed by atoms with Crippen molar-refractivity contribution in [2.45, 2.75) is 0 Å². The standard InChI is InChI=1S/C12H9ClOS/c13-7-10(14)6-5-9-8-15-12-4-2-1-3-11(9)12/h1-6,8H,7H2. The van der Waals surface area contributed by atoms with Crippen LogP contribution in [-0.4, -0.2) is 11.7 Å². The fourth-order valence-corrected chi connectivity index (χ4v) is 2.37. The third-order valence-electron chi connectivity index (χ3n) is 2.09. The Bertz CT molecular complexity index is 513. The third-order valence-corrected chi connectivity index (χ3v) is 3.34. The number of alkyl halides is 1. The predicted octanol–water partition coefficient (Wildman–Crippen LogP) is 3.72. The van der Waals surface area contributed by atoms with E-state index in [1.54, 1.807) is 11.3 Å². The van der Waals surface area contributed by atoms with Gasteiger partial charge in [0.15, 0.2) is 5.78 Å². The topological polar surface area (TPSA) is 17.1 Å². The zero-order valence-electron chi connectivity index (χ0n) is 7.94. The van der Waals surface area contributed by atoms with E-state index in [4.69, 9.17) is 11.6 Å². The van der Waals surface area contributed by atoms with Gasteiger partial charge in [-0.15, -0.1) is 22.9 Å². The van der Waals surface area contributed by atoms with Crippen LogP contribution in [0.3, 0.4) is 0 Å². The number of fused-ring (bicyclic) bond motifs is 1. The summed E-state index contributed by atoms with van der Waals surface area (Å²) in [6.07, 6.45) is 3.35. The SMILES string of the molecule is O=C(C=Cc1csc2ccccc12)CCl. The minimum atomic E-state index is -0.0630. The number of ketones is 1. The van der Waals surface area contributed by atoms with Crippen molar-refractivity contribution in [1.82, 2.24) is 0 Å². The molecule has 2 aromatic rings. The number of benzene rings is 1. The normalized spacial score (nSPS) is 11.3. The van der Waals surface area contributed by atoms with E-state index in [9.17, 15) is 4.79 Å². The molecule has 0 aliphatic rings. The first kappa shape index (κ1) is 10.4. The van der Waals surface area contributed by atoms with E-state index < -0.39 is 0 Å². The van der Waals surface area contributed by atoms with E-state index >= 15 is 0 Å². The molecule has 0 radical (unpaired) electrons. The van der Waals surface area contributed by atoms with Gasteiger partial charge in [-0.1, -0.05) is 18.2 Å². The Morgan fingerprint density at radius 2 is 2.20 bits per heavy atom. The van der Waals surface area contributed by atoms with Crippen LogP contribution in [0.15, 0.2) is 35.7 Å². The molecule has 3 heteroatoms. The lowest BCUT2D eigenvalue weighted by molar-refractivity contribution is -0.112. The summed E-state index contributed by atoms with van der Waals surface area (Å²) in [5.74, 6) is -0.0228. The highest BCUT2D eigenvalue weighted by Gasteiger charge is 2.00. The van der Waals surface area contributed by atoms with Crippen LogP contribution in [0.25, 0.3) is 16.2 Å². The molecule has 0 aliphatic heterocycles. The van der Waals surface area contributed by atoms with Crippen LogP contribution < -0.4 is 0 Å². The van der Waals surface area contributed by atoms with Crippen molar-refractivity contribution in [3.63, 3.8) is 0 Å². The van der Waals surface area contributed by atoms with Gasteiger partial charge in [-0.2, -0.15) is 0 Å². The van der Waals surface area contributed by atoms with Gasteiger partial charge >= 0.3 is 0 Å². The van der Waals surface area contributed by atoms with Crippen molar-refractivity contribution in [2.75, 3.05) is 5.88 Å². The van der Waals surface area contributed by atoms with Crippen LogP contribution >= 0.6 is 22.9 Å². The fourth-order valence-electron chi connectivity index (χ4n) is 1.35. The molecule has 0 atom stereocenters. The van der Waals surface area contributed by atoms with Gasteiger partial charge in [0, 0.05) is 4.70 Å². The number of hydrogen-bond donors (Lipinski definition) is 0. The Labute approximate surface area is 97.0 Å². The Balaban J connectivity index is 2.36. The van der Waals surface area contributed by atoms with Crippen LogP contribution in [0.1, 0.15) is 5.56 Å². The average Bonchev–Trinajstić information content (AvgIpc) is 2.69. The zero-order chi connectivity index (χ0) is 10.7. The zero-order valence-corrected chi connectivity index (χ0v) is 9.52. The van der Waals surface area contributed by atoms with Gasteiger partial charge < -0.3 is 0 Å². The summed E-state index contributed by atoms with van der Waals surface area (Å²) in [5.41, 5.74) is 1.08. The van der Waals surface area contributed by atoms with E-state index in [2.05, 4.69) is 12.1 Å². The van der Waals surface area contributed by atoms with E-state index in [-0.39, 0.29) is 11.7 Å². The van der Waals surface area contributed by atoms with E-state index in [0.29, 0.717) is 0 Å². The third kappa shape index (κ3) is 2.28. The maximum atomic E-state index is 11.0. The average molecular weight is 237 g/mol. The summed E-state index contributed by atoms with van der Waals surface area (Å²) in [6, 6.07) is 8.13. The minimum absolute atomic E-state index is 0.0402. The fraction of sp³-hybridized carbons (Fsp3) is 0.0833. The lowest BCUT2D eigenvalue weighted by Gasteiger charge is -1.90. The predicted molar refractivity (Wildman–Crippen MR) is 66.6 cm³/mol. The molecule has 76 valence electrons. The highest BCUT2D eigenvalue weighted by atomic mass is 35.5. The highest BCUT2D eigenvalue weighted by Crippen LogP contribution is 2.26. The Hall–Kier alpha value is -1.12. The van der Waals surface area contributed by atoms with Crippen LogP contribution in [0.5, 0.6) is 0 Å². The highest BCUT2D eigenvalue weighted by molar-refractivity contribution is 7.17. The lowest BCUT2D eigenvalue weighted by atomic mass is 10.1. The first-order chi connectivity index (χ1) is 7.31. The monoisotopic (exact) mass is 236 g/mol. The van der Waals surface area contributed by atoms with Gasteiger partial charge in [0.25, 0.3) is 0 Å². The molecule has 1 nitrogen and oxygen atoms in total. The molecule has 0 saturated carbocycles. The first-order valence-electron chi connectivity index (χ1n) is 4.54. The molecule has 0 bridgehead atoms. The molecule has 0 unspecified atom stereocenters. The van der Waals surface area contributed by atoms with Gasteiger partial charge in [-0.05, 0) is 34.5 Å². The minimum Gasteiger partial charge on any atom is -0.294 e. The second-order valence-corrected chi connectivity index (χ2v) is 4.30. The van der Waals surface area contributed by atoms with Gasteiger partial charge in [0.05, 0.1) is 5.88 Å². The van der Waals surface area contributed by atoms with Crippen molar-refractivity contribution in [3.8, 4) is 0 Å². The number of allylic oxidation sites excluding steroid dienone is 1. The van der Waals surface area contributed by atoms with Crippen LogP contribution in [0.2, 0.25) is 0 Å². The molecule has 1 heterocycles. The molecular weight excluding hydrogens is 228 g/mol. The summed E-state index contributed by atoms with van der Waals surface area (Å²) in [7, 11) is 0. The molecule has 2 rings (SSSR count). The lowest BCUT2D eigenvalue weighted by Crippen LogP contribution is -1.91. The maximum absolute atomic E-state index is 11.0. The molecular formula is C12H9ClOS. The van der Waals surface area contributed by atoms with E-state index in [0.717, 1.165) is 5.56 Å². The maximum Gasteiger partial charge on any atom is 0.170 e. The smallest absolute Gasteiger partial charge is 0.170 e. The van der Waals surface area contributed by atoms with E-state index in [1.807, 2.05) is 23.6 Å². The van der Waals surface area contributed by atoms with Crippen LogP contribution in [0.4, 0.5) is 0 Å². The number of carbonyl (C=O) groups excluding carboxylic acids is 1.